The molecule has 137 heavy (non-hydrogen) atoms. The van der Waals surface area contributed by atoms with E-state index in [9.17, 15) is 58.9 Å². The van der Waals surface area contributed by atoms with Gasteiger partial charge in [-0.3, -0.25) is 0 Å². The Morgan fingerprint density at radius 2 is 0.628 bits per heavy atom. The molecule has 37 nitrogen and oxygen atoms in total. The highest BCUT2D eigenvalue weighted by Gasteiger charge is 2.37. The molecule has 0 radical (unpaired) electrons. The summed E-state index contributed by atoms with van der Waals surface area (Å²) < 4.78 is 168. The van der Waals surface area contributed by atoms with E-state index < -0.39 is 74.9 Å². The number of anilines is 7. The summed E-state index contributed by atoms with van der Waals surface area (Å²) in [6, 6.07) is 27.7. The van der Waals surface area contributed by atoms with Gasteiger partial charge in [0.25, 0.3) is 0 Å². The number of hydrogen-bond acceptors (Lipinski definition) is 37. The number of sulfone groups is 7. The average Bonchev–Trinajstić information content (AvgIpc) is 1.67. The fraction of sp³-hybridized carbons (Fsp3) is 0.312. The second-order valence-corrected chi connectivity index (χ2v) is 47.8. The van der Waals surface area contributed by atoms with Crippen molar-refractivity contribution in [1.29, 1.82) is 10.5 Å². The van der Waals surface area contributed by atoms with E-state index >= 15 is 0 Å². The fourth-order valence-electron chi connectivity index (χ4n) is 17.4. The maximum absolute atomic E-state index is 12.0. The molecular formula is C93H89N23O14S7. The third-order valence-electron chi connectivity index (χ3n) is 23.8. The lowest BCUT2D eigenvalue weighted by molar-refractivity contribution is 0.598. The molecule has 1 fully saturated rings. The standard InChI is InChI=1S/2C14H13N3O2S.2C13H12N4O2S.C13H13N3O2S.C13H15N3O2S.C13H11N3O2S/c1-3-9(2)17-14-13-10-6-7-20(18,19)12(10)5-4-11(13)15-8-16-14;1-3-7-17(2)14-13-10-6-8-20(18,19)12(10)5-4-11(13)15-9-16-14;1-8(6-14)17-13-12-9-4-5-20(18,19)11(9)3-2-10(12)15-7-16-13;14-5-1-6-15-13-12-9-4-7-20(18,19)11(9)3-2-10(12)16-8-17-13;17-19(18)6-5-9-11(19)4-3-10-12(9)13(15-7-14-10)16-8-1-2-8;1-8(2)16-13-12-9-5-6-19(17,18)11(9)4-3-10(12)14-7-15-13;1-2-6-14-13-12-9-5-7-19(17,18)11(9)4-3-10(12)15-8-16-13/h1,4-5,8-9H,6-7H2,2H3,(H,15,16,17);1,4-5,9H,6-8H2,2H3;2-3,7-8H,4-5H2,1H3,(H,15,16,17);2-3,8H,1,4,6-7H2,(H,15,16,17);3-4,7-8H,1-2,5-6H2,(H,14,15,16);3-4,7-8H,5-6H2,1-2H3,(H,14,15,16);1,3-4,8H,5-7H2,(H,14,15,16). The molecule has 0 amide bonds. The fourth-order valence-corrected chi connectivity index (χ4v) is 28.2. The third-order valence-corrected chi connectivity index (χ3v) is 36.4. The van der Waals surface area contributed by atoms with E-state index in [2.05, 4.69) is 126 Å². The van der Waals surface area contributed by atoms with Crippen molar-refractivity contribution in [2.45, 2.75) is 150 Å². The zero-order chi connectivity index (χ0) is 97.3. The molecule has 0 spiro atoms. The van der Waals surface area contributed by atoms with E-state index in [0.29, 0.717) is 157 Å². The van der Waals surface area contributed by atoms with Crippen molar-refractivity contribution in [3.05, 3.63) is 168 Å². The van der Waals surface area contributed by atoms with Crippen molar-refractivity contribution in [3.63, 3.8) is 0 Å². The maximum atomic E-state index is 12.0. The Bertz CT molecular complexity index is 8150. The predicted octanol–water partition coefficient (Wildman–Crippen LogP) is 9.31. The zero-order valence-electron chi connectivity index (χ0n) is 74.5. The Morgan fingerprint density at radius 3 is 0.927 bits per heavy atom. The number of hydrogen-bond donors (Lipinski definition) is 6. The SMILES string of the molecule is C#CC(C)Nc1ncnc2ccc3c(c12)CCS3(=O)=O.C#CCN(C)c1ncnc2ccc3c(c12)CCS3(=O)=O.C#CCNc1ncnc2ccc3c(c12)CCS3(=O)=O.CC(C#N)Nc1ncnc2ccc3c(c12)CCS3(=O)=O.CC(C)Nc1ncnc2ccc3c(c12)CCS3(=O)=O.N#CCCNc1ncnc2ccc3c(c12)CCS3(=O)=O.O=S1(=O)CCc2c1ccc1ncnc(NC3CC3)c21. The van der Waals surface area contributed by atoms with Gasteiger partial charge < -0.3 is 36.8 Å². The molecule has 7 aromatic heterocycles. The first-order chi connectivity index (χ1) is 65.5. The van der Waals surface area contributed by atoms with Gasteiger partial charge in [-0.05, 0) is 209 Å². The Hall–Kier alpha value is -14.2. The number of rotatable bonds is 15. The van der Waals surface area contributed by atoms with Gasteiger partial charge >= 0.3 is 0 Å². The zero-order valence-corrected chi connectivity index (χ0v) is 80.2. The number of nitriles is 2. The number of nitrogens with one attached hydrogen (secondary N) is 6. The Morgan fingerprint density at radius 1 is 0.350 bits per heavy atom. The van der Waals surface area contributed by atoms with Crippen LogP contribution in [0.3, 0.4) is 0 Å². The third kappa shape index (κ3) is 19.7. The first-order valence-corrected chi connectivity index (χ1v) is 54.9. The van der Waals surface area contributed by atoms with Gasteiger partial charge in [0.05, 0.1) is 151 Å². The summed E-state index contributed by atoms with van der Waals surface area (Å²) in [5, 5.41) is 41.8. The van der Waals surface area contributed by atoms with Gasteiger partial charge in [0.2, 0.25) is 0 Å². The molecule has 2 unspecified atom stereocenters. The Balaban J connectivity index is 0.000000116. The minimum absolute atomic E-state index is 0.115. The average molecular weight is 1980 g/mol. The molecule has 14 aromatic rings. The molecule has 44 heteroatoms. The number of aromatic nitrogens is 14. The maximum Gasteiger partial charge on any atom is 0.179 e. The van der Waals surface area contributed by atoms with Crippen LogP contribution < -0.4 is 36.8 Å². The van der Waals surface area contributed by atoms with Crippen LogP contribution in [0.1, 0.15) is 85.9 Å². The van der Waals surface area contributed by atoms with Crippen molar-refractivity contribution < 1.29 is 58.9 Å². The van der Waals surface area contributed by atoms with Crippen LogP contribution in [-0.2, 0) is 114 Å². The van der Waals surface area contributed by atoms with Crippen LogP contribution in [0.5, 0.6) is 0 Å². The molecule has 6 N–H and O–H groups in total. The number of nitrogens with zero attached hydrogens (tertiary/aromatic N) is 17. The highest BCUT2D eigenvalue weighted by atomic mass is 32.2. The van der Waals surface area contributed by atoms with Gasteiger partial charge in [0, 0.05) is 63.4 Å². The first-order valence-electron chi connectivity index (χ1n) is 43.3. The van der Waals surface area contributed by atoms with Gasteiger partial charge in [0.15, 0.2) is 68.9 Å². The van der Waals surface area contributed by atoms with Gasteiger partial charge in [0.1, 0.15) is 91.1 Å². The lowest BCUT2D eigenvalue weighted by Crippen LogP contribution is -2.19. The summed E-state index contributed by atoms with van der Waals surface area (Å²) in [6.45, 7) is 8.81. The van der Waals surface area contributed by atoms with Crippen LogP contribution in [0.2, 0.25) is 0 Å². The van der Waals surface area contributed by atoms with Crippen LogP contribution >= 0.6 is 0 Å². The molecule has 7 aliphatic heterocycles. The van der Waals surface area contributed by atoms with Crippen molar-refractivity contribution in [2.75, 3.05) is 104 Å². The topological polar surface area (TPSA) is 542 Å². The first kappa shape index (κ1) is 96.0. The van der Waals surface area contributed by atoms with E-state index in [1.54, 1.807) is 91.9 Å². The number of aryl methyl sites for hydroxylation is 7. The second-order valence-electron chi connectivity index (χ2n) is 33.3. The number of benzene rings is 7. The normalized spacial score (nSPS) is 17.1. The van der Waals surface area contributed by atoms with Crippen LogP contribution in [0.15, 0.2) is 163 Å². The quantitative estimate of drug-likeness (QED) is 0.0411. The van der Waals surface area contributed by atoms with E-state index in [1.807, 2.05) is 38.8 Å². The molecule has 7 aromatic carbocycles. The monoisotopic (exact) mass is 1980 g/mol. The van der Waals surface area contributed by atoms with Crippen LogP contribution in [0, 0.1) is 59.7 Å². The van der Waals surface area contributed by atoms with Gasteiger partial charge in [-0.25, -0.2) is 129 Å². The Labute approximate surface area is 790 Å². The smallest absolute Gasteiger partial charge is 0.179 e. The molecule has 0 bridgehead atoms. The summed E-state index contributed by atoms with van der Waals surface area (Å²) in [5.41, 5.74) is 10.8. The number of terminal acetylenes is 3. The van der Waals surface area contributed by atoms with Crippen molar-refractivity contribution in [3.8, 4) is 49.2 Å². The highest BCUT2D eigenvalue weighted by molar-refractivity contribution is 7.93. The lowest BCUT2D eigenvalue weighted by atomic mass is 10.1. The summed E-state index contributed by atoms with van der Waals surface area (Å²) in [7, 11) is -20.3. The van der Waals surface area contributed by atoms with Crippen LogP contribution in [0.4, 0.5) is 40.7 Å². The van der Waals surface area contributed by atoms with Crippen molar-refractivity contribution in [2.24, 2.45) is 0 Å². The second kappa shape index (κ2) is 38.9. The molecule has 8 aliphatic rings. The summed E-state index contributed by atoms with van der Waals surface area (Å²) in [6.07, 6.45) is 32.3. The minimum atomic E-state index is -3.20. The molecule has 1 saturated carbocycles. The van der Waals surface area contributed by atoms with E-state index in [-0.39, 0.29) is 52.4 Å². The van der Waals surface area contributed by atoms with E-state index in [1.165, 1.54) is 44.3 Å². The van der Waals surface area contributed by atoms with Gasteiger partial charge in [-0.15, -0.1) is 19.3 Å². The van der Waals surface area contributed by atoms with Crippen LogP contribution in [-0.4, -0.2) is 220 Å². The number of fused-ring (bicyclic) bond motifs is 21. The molecule has 1 aliphatic carbocycles. The largest absolute Gasteiger partial charge is 0.368 e. The summed E-state index contributed by atoms with van der Waals surface area (Å²) in [5.74, 6) is 13.1. The molecular weight excluding hydrogens is 1890 g/mol. The van der Waals surface area contributed by atoms with Gasteiger partial charge in [-0.2, -0.15) is 10.5 Å². The molecule has 0 saturated heterocycles. The highest BCUT2D eigenvalue weighted by Crippen LogP contribution is 2.43. The molecule has 14 heterocycles. The molecule has 2 atom stereocenters. The predicted molar refractivity (Wildman–Crippen MR) is 521 cm³/mol. The summed E-state index contributed by atoms with van der Waals surface area (Å²) >= 11 is 0. The van der Waals surface area contributed by atoms with Crippen LogP contribution in [0.25, 0.3) is 76.3 Å². The molecule has 22 rings (SSSR count). The summed E-state index contributed by atoms with van der Waals surface area (Å²) in [4.78, 5) is 63.6. The van der Waals surface area contributed by atoms with E-state index in [0.717, 1.165) is 123 Å². The molecule has 702 valence electrons. The Kier molecular flexibility index (Phi) is 27.3. The minimum Gasteiger partial charge on any atom is -0.368 e. The van der Waals surface area contributed by atoms with Gasteiger partial charge in [-0.1, -0.05) is 17.8 Å². The lowest BCUT2D eigenvalue weighted by Gasteiger charge is -2.18. The van der Waals surface area contributed by atoms with Crippen molar-refractivity contribution >= 4 is 186 Å². The van der Waals surface area contributed by atoms with Crippen molar-refractivity contribution in [1.82, 2.24) is 69.8 Å². The van der Waals surface area contributed by atoms with E-state index in [4.69, 9.17) is 29.8 Å².